The van der Waals surface area contributed by atoms with Crippen molar-refractivity contribution >= 4 is 0 Å². The van der Waals surface area contributed by atoms with Crippen molar-refractivity contribution in [3.8, 4) is 0 Å². The number of nitrogens with one attached hydrogen (secondary N) is 1. The van der Waals surface area contributed by atoms with E-state index in [1.165, 1.54) is 89.9 Å². The van der Waals surface area contributed by atoms with Crippen LogP contribution in [0, 0.1) is 11.8 Å². The van der Waals surface area contributed by atoms with Gasteiger partial charge in [0.15, 0.2) is 0 Å². The van der Waals surface area contributed by atoms with Gasteiger partial charge in [0.05, 0.1) is 0 Å². The molecule has 2 saturated carbocycles. The summed E-state index contributed by atoms with van der Waals surface area (Å²) < 4.78 is 0. The van der Waals surface area contributed by atoms with E-state index >= 15 is 0 Å². The lowest BCUT2D eigenvalue weighted by Crippen LogP contribution is -2.37. The molecule has 1 unspecified atom stereocenters. The Morgan fingerprint density at radius 1 is 0.789 bits per heavy atom. The van der Waals surface area contributed by atoms with Crippen LogP contribution in [0.5, 0.6) is 0 Å². The highest BCUT2D eigenvalue weighted by Gasteiger charge is 2.19. The van der Waals surface area contributed by atoms with E-state index < -0.39 is 0 Å². The van der Waals surface area contributed by atoms with E-state index in [2.05, 4.69) is 5.43 Å². The molecular formula is C17H34N2. The largest absolute Gasteiger partial charge is 0.271 e. The molecule has 2 heteroatoms. The maximum absolute atomic E-state index is 5.79. The van der Waals surface area contributed by atoms with Gasteiger partial charge in [-0.2, -0.15) is 0 Å². The van der Waals surface area contributed by atoms with Crippen LogP contribution in [-0.4, -0.2) is 6.04 Å². The summed E-state index contributed by atoms with van der Waals surface area (Å²) in [5.41, 5.74) is 3.11. The summed E-state index contributed by atoms with van der Waals surface area (Å²) in [7, 11) is 0. The molecule has 112 valence electrons. The highest BCUT2D eigenvalue weighted by Crippen LogP contribution is 2.30. The zero-order chi connectivity index (χ0) is 13.3. The Morgan fingerprint density at radius 3 is 1.89 bits per heavy atom. The first-order valence-electron chi connectivity index (χ1n) is 8.84. The molecule has 3 N–H and O–H groups in total. The average Bonchev–Trinajstić information content (AvgIpc) is 2.73. The molecule has 0 bridgehead atoms. The first kappa shape index (κ1) is 15.3. The number of hydrazine groups is 1. The fourth-order valence-electron chi connectivity index (χ4n) is 4.18. The minimum Gasteiger partial charge on any atom is -0.271 e. The van der Waals surface area contributed by atoms with Crippen molar-refractivity contribution < 1.29 is 0 Å². The van der Waals surface area contributed by atoms with Crippen molar-refractivity contribution in [2.75, 3.05) is 0 Å². The van der Waals surface area contributed by atoms with Crippen molar-refractivity contribution in [3.05, 3.63) is 0 Å². The Kier molecular flexibility index (Phi) is 7.23. The van der Waals surface area contributed by atoms with Crippen LogP contribution in [0.1, 0.15) is 89.9 Å². The molecule has 19 heavy (non-hydrogen) atoms. The smallest absolute Gasteiger partial charge is 0.0213 e. The Hall–Kier alpha value is -0.0800. The summed E-state index contributed by atoms with van der Waals surface area (Å²) in [6.07, 6.45) is 20.1. The minimum absolute atomic E-state index is 0.574. The van der Waals surface area contributed by atoms with Gasteiger partial charge in [-0.05, 0) is 31.1 Å². The van der Waals surface area contributed by atoms with E-state index in [1.54, 1.807) is 0 Å². The normalized spacial score (nSPS) is 25.1. The van der Waals surface area contributed by atoms with Gasteiger partial charge in [-0.15, -0.1) is 0 Å². The molecular weight excluding hydrogens is 232 g/mol. The third kappa shape index (κ3) is 5.83. The molecule has 0 amide bonds. The van der Waals surface area contributed by atoms with E-state index in [4.69, 9.17) is 5.84 Å². The lowest BCUT2D eigenvalue weighted by molar-refractivity contribution is 0.287. The number of nitrogens with two attached hydrogens (primary N) is 1. The molecule has 2 rings (SSSR count). The predicted molar refractivity (Wildman–Crippen MR) is 82.7 cm³/mol. The second-order valence-corrected chi connectivity index (χ2v) is 7.04. The highest BCUT2D eigenvalue weighted by atomic mass is 15.2. The first-order chi connectivity index (χ1) is 9.38. The van der Waals surface area contributed by atoms with Crippen LogP contribution in [0.3, 0.4) is 0 Å². The summed E-state index contributed by atoms with van der Waals surface area (Å²) in [6, 6.07) is 0.574. The molecule has 0 aromatic carbocycles. The summed E-state index contributed by atoms with van der Waals surface area (Å²) in [5, 5.41) is 0. The molecule has 0 saturated heterocycles. The van der Waals surface area contributed by atoms with E-state index in [-0.39, 0.29) is 0 Å². The highest BCUT2D eigenvalue weighted by molar-refractivity contribution is 4.75. The van der Waals surface area contributed by atoms with Gasteiger partial charge in [-0.1, -0.05) is 70.6 Å². The molecule has 0 aromatic rings. The van der Waals surface area contributed by atoms with E-state index in [9.17, 15) is 0 Å². The molecule has 2 aliphatic rings. The lowest BCUT2D eigenvalue weighted by Gasteiger charge is -2.26. The van der Waals surface area contributed by atoms with Crippen LogP contribution >= 0.6 is 0 Å². The summed E-state index contributed by atoms with van der Waals surface area (Å²) in [6.45, 7) is 0. The number of hydrogen-bond donors (Lipinski definition) is 2. The Bertz CT molecular complexity index is 215. The molecule has 0 spiro atoms. The first-order valence-corrected chi connectivity index (χ1v) is 8.84. The van der Waals surface area contributed by atoms with Crippen molar-refractivity contribution in [3.63, 3.8) is 0 Å². The SMILES string of the molecule is NNC(CCC1CCCCC1)CC1CCCCCC1. The Morgan fingerprint density at radius 2 is 1.32 bits per heavy atom. The van der Waals surface area contributed by atoms with Gasteiger partial charge in [0.25, 0.3) is 0 Å². The van der Waals surface area contributed by atoms with Crippen LogP contribution in [0.4, 0.5) is 0 Å². The van der Waals surface area contributed by atoms with E-state index in [0.29, 0.717) is 6.04 Å². The van der Waals surface area contributed by atoms with Crippen LogP contribution in [0.2, 0.25) is 0 Å². The Labute approximate surface area is 119 Å². The maximum atomic E-state index is 5.79. The fourth-order valence-corrected chi connectivity index (χ4v) is 4.18. The lowest BCUT2D eigenvalue weighted by atomic mass is 9.83. The zero-order valence-corrected chi connectivity index (χ0v) is 12.7. The van der Waals surface area contributed by atoms with Crippen LogP contribution in [0.25, 0.3) is 0 Å². The fraction of sp³-hybridized carbons (Fsp3) is 1.00. The average molecular weight is 266 g/mol. The second kappa shape index (κ2) is 8.97. The molecule has 0 aliphatic heterocycles. The third-order valence-corrected chi connectivity index (χ3v) is 5.48. The minimum atomic E-state index is 0.574. The van der Waals surface area contributed by atoms with E-state index in [1.807, 2.05) is 0 Å². The van der Waals surface area contributed by atoms with Gasteiger partial charge in [-0.3, -0.25) is 11.3 Å². The molecule has 2 nitrogen and oxygen atoms in total. The molecule has 0 heterocycles. The standard InChI is InChI=1S/C17H34N2/c18-19-17(13-12-15-8-6-3-7-9-15)14-16-10-4-1-2-5-11-16/h15-17,19H,1-14,18H2. The quantitative estimate of drug-likeness (QED) is 0.421. The molecule has 1 atom stereocenters. The predicted octanol–water partition coefficient (Wildman–Crippen LogP) is 4.54. The molecule has 0 aromatic heterocycles. The maximum Gasteiger partial charge on any atom is 0.0213 e. The van der Waals surface area contributed by atoms with Gasteiger partial charge >= 0.3 is 0 Å². The van der Waals surface area contributed by atoms with Gasteiger partial charge in [0.1, 0.15) is 0 Å². The Balaban J connectivity index is 1.66. The van der Waals surface area contributed by atoms with Crippen molar-refractivity contribution in [2.24, 2.45) is 17.7 Å². The molecule has 2 aliphatic carbocycles. The van der Waals surface area contributed by atoms with Gasteiger partial charge in [-0.25, -0.2) is 0 Å². The zero-order valence-electron chi connectivity index (χ0n) is 12.7. The van der Waals surface area contributed by atoms with Gasteiger partial charge < -0.3 is 0 Å². The summed E-state index contributed by atoms with van der Waals surface area (Å²) >= 11 is 0. The van der Waals surface area contributed by atoms with Gasteiger partial charge in [0, 0.05) is 6.04 Å². The molecule has 2 fully saturated rings. The topological polar surface area (TPSA) is 38.0 Å². The van der Waals surface area contributed by atoms with Crippen molar-refractivity contribution in [1.29, 1.82) is 0 Å². The molecule has 0 radical (unpaired) electrons. The van der Waals surface area contributed by atoms with Crippen molar-refractivity contribution in [2.45, 2.75) is 95.9 Å². The van der Waals surface area contributed by atoms with Crippen LogP contribution < -0.4 is 11.3 Å². The summed E-state index contributed by atoms with van der Waals surface area (Å²) in [4.78, 5) is 0. The number of rotatable bonds is 6. The monoisotopic (exact) mass is 266 g/mol. The second-order valence-electron chi connectivity index (χ2n) is 7.04. The third-order valence-electron chi connectivity index (χ3n) is 5.48. The van der Waals surface area contributed by atoms with Crippen molar-refractivity contribution in [1.82, 2.24) is 5.43 Å². The summed E-state index contributed by atoms with van der Waals surface area (Å²) in [5.74, 6) is 7.73. The van der Waals surface area contributed by atoms with E-state index in [0.717, 1.165) is 11.8 Å². The van der Waals surface area contributed by atoms with Crippen LogP contribution in [0.15, 0.2) is 0 Å². The van der Waals surface area contributed by atoms with Gasteiger partial charge in [0.2, 0.25) is 0 Å². The van der Waals surface area contributed by atoms with Crippen LogP contribution in [-0.2, 0) is 0 Å². The number of hydrogen-bond acceptors (Lipinski definition) is 2.